The maximum atomic E-state index is 12.9. The van der Waals surface area contributed by atoms with Crippen LogP contribution in [-0.4, -0.2) is 19.2 Å². The van der Waals surface area contributed by atoms with E-state index < -0.39 is 8.32 Å². The van der Waals surface area contributed by atoms with Gasteiger partial charge in [-0.15, -0.1) is 0 Å². The van der Waals surface area contributed by atoms with Gasteiger partial charge in [-0.3, -0.25) is 4.79 Å². The molecular weight excluding hydrogens is 376 g/mol. The Morgan fingerprint density at radius 2 is 1.59 bits per heavy atom. The summed E-state index contributed by atoms with van der Waals surface area (Å²) in [5, 5.41) is 3.01. The molecule has 2 aromatic carbocycles. The van der Waals surface area contributed by atoms with Gasteiger partial charge in [-0.05, 0) is 47.5 Å². The van der Waals surface area contributed by atoms with Gasteiger partial charge in [0.15, 0.2) is 0 Å². The summed E-state index contributed by atoms with van der Waals surface area (Å²) in [5.41, 5.74) is 2.51. The van der Waals surface area contributed by atoms with E-state index in [4.69, 9.17) is 4.43 Å². The van der Waals surface area contributed by atoms with Gasteiger partial charge in [0.2, 0.25) is 0 Å². The summed E-state index contributed by atoms with van der Waals surface area (Å²) in [6.07, 6.45) is 1.68. The lowest BCUT2D eigenvalue weighted by atomic mass is 9.99. The molecule has 0 atom stereocenters. The number of anilines is 1. The van der Waals surface area contributed by atoms with Gasteiger partial charge in [0.25, 0.3) is 14.2 Å². The van der Waals surface area contributed by atoms with Crippen LogP contribution in [0, 0.1) is 0 Å². The van der Waals surface area contributed by atoms with Crippen LogP contribution in [0.2, 0.25) is 18.1 Å². The molecule has 0 spiro atoms. The highest BCUT2D eigenvalue weighted by Gasteiger charge is 2.39. The number of aromatic nitrogens is 1. The first-order valence-corrected chi connectivity index (χ1v) is 12.7. The van der Waals surface area contributed by atoms with E-state index in [0.717, 1.165) is 16.9 Å². The van der Waals surface area contributed by atoms with Gasteiger partial charge in [-0.2, -0.15) is 0 Å². The number of amides is 1. The molecule has 1 heterocycles. The number of carbonyl (C=O) groups excluding carboxylic acids is 1. The van der Waals surface area contributed by atoms with Crippen LogP contribution in [0.3, 0.4) is 0 Å². The van der Waals surface area contributed by atoms with E-state index in [1.165, 1.54) is 0 Å². The fourth-order valence-corrected chi connectivity index (χ4v) is 3.71. The number of pyridine rings is 1. The van der Waals surface area contributed by atoms with Crippen molar-refractivity contribution in [3.05, 3.63) is 78.5 Å². The van der Waals surface area contributed by atoms with E-state index in [-0.39, 0.29) is 10.9 Å². The van der Waals surface area contributed by atoms with Crippen LogP contribution in [0.1, 0.15) is 31.1 Å². The number of carbonyl (C=O) groups is 1. The predicted octanol–water partition coefficient (Wildman–Crippen LogP) is 6.38. The smallest absolute Gasteiger partial charge is 0.257 e. The summed E-state index contributed by atoms with van der Waals surface area (Å²) >= 11 is 0. The van der Waals surface area contributed by atoms with Crippen LogP contribution in [-0.2, 0) is 0 Å². The Bertz CT molecular complexity index is 978. The van der Waals surface area contributed by atoms with Crippen molar-refractivity contribution < 1.29 is 9.22 Å². The minimum absolute atomic E-state index is 0.112. The summed E-state index contributed by atoms with van der Waals surface area (Å²) in [7, 11) is -1.92. The average molecular weight is 405 g/mol. The first-order chi connectivity index (χ1) is 13.7. The Kier molecular flexibility index (Phi) is 5.89. The van der Waals surface area contributed by atoms with Crippen molar-refractivity contribution in [1.82, 2.24) is 4.98 Å². The number of nitrogens with zero attached hydrogens (tertiary/aromatic N) is 1. The number of rotatable bonds is 5. The molecule has 150 valence electrons. The van der Waals surface area contributed by atoms with Crippen LogP contribution in [0.5, 0.6) is 5.75 Å². The maximum absolute atomic E-state index is 12.9. The van der Waals surface area contributed by atoms with Crippen molar-refractivity contribution in [2.45, 2.75) is 38.9 Å². The third kappa shape index (κ3) is 4.92. The Hall–Kier alpha value is -2.92. The van der Waals surface area contributed by atoms with E-state index in [9.17, 15) is 4.79 Å². The van der Waals surface area contributed by atoms with Gasteiger partial charge >= 0.3 is 0 Å². The molecule has 0 saturated heterocycles. The molecule has 0 bridgehead atoms. The van der Waals surface area contributed by atoms with Gasteiger partial charge in [-0.1, -0.05) is 69.3 Å². The van der Waals surface area contributed by atoms with Crippen LogP contribution in [0.15, 0.2) is 72.9 Å². The van der Waals surface area contributed by atoms with Gasteiger partial charge in [0, 0.05) is 5.56 Å². The van der Waals surface area contributed by atoms with Crippen molar-refractivity contribution in [2.75, 3.05) is 5.32 Å². The second-order valence-electron chi connectivity index (χ2n) is 8.61. The topological polar surface area (TPSA) is 51.2 Å². The molecule has 1 N–H and O–H groups in total. The van der Waals surface area contributed by atoms with Gasteiger partial charge in [-0.25, -0.2) is 4.98 Å². The van der Waals surface area contributed by atoms with E-state index in [2.05, 4.69) is 44.2 Å². The number of hydrogen-bond acceptors (Lipinski definition) is 3. The van der Waals surface area contributed by atoms with Crippen molar-refractivity contribution in [2.24, 2.45) is 0 Å². The number of benzene rings is 2. The van der Waals surface area contributed by atoms with Crippen LogP contribution < -0.4 is 9.74 Å². The van der Waals surface area contributed by atoms with Crippen LogP contribution in [0.25, 0.3) is 11.1 Å². The van der Waals surface area contributed by atoms with Gasteiger partial charge in [0.1, 0.15) is 11.6 Å². The fourth-order valence-electron chi connectivity index (χ4n) is 2.70. The molecule has 0 unspecified atom stereocenters. The zero-order chi connectivity index (χ0) is 21.1. The highest BCUT2D eigenvalue weighted by Crippen LogP contribution is 2.37. The average Bonchev–Trinajstić information content (AvgIpc) is 2.69. The third-order valence-electron chi connectivity index (χ3n) is 5.41. The molecule has 0 saturated carbocycles. The molecule has 0 aliphatic carbocycles. The lowest BCUT2D eigenvalue weighted by molar-refractivity contribution is 0.102. The van der Waals surface area contributed by atoms with Crippen molar-refractivity contribution in [3.63, 3.8) is 0 Å². The first-order valence-electron chi connectivity index (χ1n) is 9.78. The van der Waals surface area contributed by atoms with E-state index in [1.54, 1.807) is 12.3 Å². The monoisotopic (exact) mass is 404 g/mol. The lowest BCUT2D eigenvalue weighted by Crippen LogP contribution is -2.43. The van der Waals surface area contributed by atoms with E-state index >= 15 is 0 Å². The normalized spacial score (nSPS) is 11.8. The molecule has 3 aromatic rings. The summed E-state index contributed by atoms with van der Waals surface area (Å²) < 4.78 is 6.25. The quantitative estimate of drug-likeness (QED) is 0.502. The summed E-state index contributed by atoms with van der Waals surface area (Å²) in [6.45, 7) is 11.0. The number of nitrogens with one attached hydrogen (secondary N) is 1. The largest absolute Gasteiger partial charge is 0.542 e. The van der Waals surface area contributed by atoms with E-state index in [0.29, 0.717) is 11.4 Å². The second-order valence-corrected chi connectivity index (χ2v) is 13.3. The number of hydrogen-bond donors (Lipinski definition) is 1. The van der Waals surface area contributed by atoms with Crippen molar-refractivity contribution in [1.29, 1.82) is 0 Å². The van der Waals surface area contributed by atoms with E-state index in [1.807, 2.05) is 60.7 Å². The summed E-state index contributed by atoms with van der Waals surface area (Å²) in [4.78, 5) is 17.3. The molecule has 3 rings (SSSR count). The van der Waals surface area contributed by atoms with Gasteiger partial charge < -0.3 is 9.74 Å². The molecule has 29 heavy (non-hydrogen) atoms. The highest BCUT2D eigenvalue weighted by molar-refractivity contribution is 6.74. The van der Waals surface area contributed by atoms with Crippen LogP contribution in [0.4, 0.5) is 5.82 Å². The molecular formula is C24H28N2O2Si. The SMILES string of the molecule is CC(C)(C)[Si](C)(C)Oc1ccc(NC(=O)c2ccccc2-c2ccccc2)nc1. The lowest BCUT2D eigenvalue weighted by Gasteiger charge is -2.36. The molecule has 4 nitrogen and oxygen atoms in total. The standard InChI is InChI=1S/C24H28N2O2Si/c1-24(2,3)29(4,5)28-19-15-16-22(25-17-19)26-23(27)21-14-10-9-13-20(21)18-11-7-6-8-12-18/h6-17H,1-5H3,(H,25,26,27). The highest BCUT2D eigenvalue weighted by atomic mass is 28.4. The zero-order valence-electron chi connectivity index (χ0n) is 17.7. The van der Waals surface area contributed by atoms with Crippen LogP contribution >= 0.6 is 0 Å². The molecule has 1 aromatic heterocycles. The molecule has 0 radical (unpaired) electrons. The molecule has 0 aliphatic rings. The van der Waals surface area contributed by atoms with Crippen molar-refractivity contribution in [3.8, 4) is 16.9 Å². The fraction of sp³-hybridized carbons (Fsp3) is 0.250. The molecule has 5 heteroatoms. The van der Waals surface area contributed by atoms with Gasteiger partial charge in [0.05, 0.1) is 6.20 Å². The third-order valence-corrected chi connectivity index (χ3v) is 9.77. The molecule has 0 aliphatic heterocycles. The first kappa shape index (κ1) is 20.8. The predicted molar refractivity (Wildman–Crippen MR) is 122 cm³/mol. The molecule has 1 amide bonds. The summed E-state index contributed by atoms with van der Waals surface area (Å²) in [5.74, 6) is 1.05. The minimum atomic E-state index is -1.92. The zero-order valence-corrected chi connectivity index (χ0v) is 18.7. The molecule has 0 fully saturated rings. The maximum Gasteiger partial charge on any atom is 0.257 e. The minimum Gasteiger partial charge on any atom is -0.542 e. The Morgan fingerprint density at radius 1 is 0.931 bits per heavy atom. The summed E-state index contributed by atoms with van der Waals surface area (Å²) in [6, 6.07) is 21.1. The Morgan fingerprint density at radius 3 is 2.21 bits per heavy atom. The second kappa shape index (κ2) is 8.21. The Labute approximate surface area is 174 Å². The van der Waals surface area contributed by atoms with Crippen molar-refractivity contribution >= 4 is 20.0 Å². The Balaban J connectivity index is 1.76.